The Morgan fingerprint density at radius 3 is 2.43 bits per heavy atom. The van der Waals surface area contributed by atoms with E-state index in [1.807, 2.05) is 18.2 Å². The van der Waals surface area contributed by atoms with Crippen molar-refractivity contribution in [1.82, 2.24) is 4.57 Å². The maximum Gasteiger partial charge on any atom is 0.213 e. The molecule has 2 heterocycles. The summed E-state index contributed by atoms with van der Waals surface area (Å²) in [6, 6.07) is 24.9. The summed E-state index contributed by atoms with van der Waals surface area (Å²) in [5, 5.41) is 3.52. The molecule has 2 nitrogen and oxygen atoms in total. The fourth-order valence-corrected chi connectivity index (χ4v) is 3.66. The summed E-state index contributed by atoms with van der Waals surface area (Å²) in [6.07, 6.45) is 0. The van der Waals surface area contributed by atoms with Crippen molar-refractivity contribution in [3.63, 3.8) is 0 Å². The Morgan fingerprint density at radius 2 is 1.57 bits per heavy atom. The molecule has 0 saturated carbocycles. The predicted octanol–water partition coefficient (Wildman–Crippen LogP) is 6.29. The van der Waals surface area contributed by atoms with Crippen LogP contribution in [0, 0.1) is 0 Å². The summed E-state index contributed by atoms with van der Waals surface area (Å²) in [5.41, 5.74) is 4.07. The summed E-state index contributed by atoms with van der Waals surface area (Å²) in [7, 11) is 0. The van der Waals surface area contributed by atoms with Crippen LogP contribution in [0.2, 0.25) is 0 Å². The third-order valence-corrected chi connectivity index (χ3v) is 4.76. The SMILES string of the molecule is Brc1ccc2c(c1)c1c3ccccc3oc1n2-c1ccccc1. The smallest absolute Gasteiger partial charge is 0.213 e. The quantitative estimate of drug-likeness (QED) is 0.343. The monoisotopic (exact) mass is 361 g/mol. The standard InChI is InChI=1S/C20H12BrNO/c21-13-10-11-17-16(12-13)19-15-8-4-5-9-18(15)23-20(19)22(17)14-6-2-1-3-7-14/h1-12H. The number of rotatable bonds is 1. The Balaban J connectivity index is 2.06. The van der Waals surface area contributed by atoms with Crippen LogP contribution >= 0.6 is 15.9 Å². The Bertz CT molecular complexity index is 1170. The number of fused-ring (bicyclic) bond motifs is 5. The van der Waals surface area contributed by atoms with Crippen LogP contribution in [0.1, 0.15) is 0 Å². The van der Waals surface area contributed by atoms with E-state index in [1.165, 1.54) is 10.8 Å². The second kappa shape index (κ2) is 4.74. The molecule has 23 heavy (non-hydrogen) atoms. The topological polar surface area (TPSA) is 18.1 Å². The minimum Gasteiger partial charge on any atom is -0.439 e. The lowest BCUT2D eigenvalue weighted by atomic mass is 10.1. The second-order valence-corrected chi connectivity index (χ2v) is 6.53. The van der Waals surface area contributed by atoms with Gasteiger partial charge in [-0.1, -0.05) is 52.3 Å². The number of hydrogen-bond acceptors (Lipinski definition) is 1. The number of furan rings is 1. The highest BCUT2D eigenvalue weighted by Crippen LogP contribution is 2.39. The van der Waals surface area contributed by atoms with E-state index in [0.717, 1.165) is 32.4 Å². The molecule has 0 radical (unpaired) electrons. The van der Waals surface area contributed by atoms with E-state index in [-0.39, 0.29) is 0 Å². The lowest BCUT2D eigenvalue weighted by Crippen LogP contribution is -1.92. The molecule has 5 aromatic rings. The van der Waals surface area contributed by atoms with Crippen LogP contribution in [0.3, 0.4) is 0 Å². The van der Waals surface area contributed by atoms with Crippen molar-refractivity contribution in [3.05, 3.63) is 77.3 Å². The minimum atomic E-state index is 0.894. The van der Waals surface area contributed by atoms with Gasteiger partial charge in [-0.3, -0.25) is 4.57 Å². The van der Waals surface area contributed by atoms with Crippen LogP contribution < -0.4 is 0 Å². The Morgan fingerprint density at radius 1 is 0.783 bits per heavy atom. The maximum absolute atomic E-state index is 6.21. The minimum absolute atomic E-state index is 0.894. The fraction of sp³-hybridized carbons (Fsp3) is 0. The van der Waals surface area contributed by atoms with Crippen molar-refractivity contribution >= 4 is 48.9 Å². The Hall–Kier alpha value is -2.52. The number of benzene rings is 3. The van der Waals surface area contributed by atoms with Crippen LogP contribution in [0.15, 0.2) is 81.7 Å². The first kappa shape index (κ1) is 13.0. The number of hydrogen-bond donors (Lipinski definition) is 0. The van der Waals surface area contributed by atoms with Crippen molar-refractivity contribution in [1.29, 1.82) is 0 Å². The lowest BCUT2D eigenvalue weighted by Gasteiger charge is -2.05. The van der Waals surface area contributed by atoms with E-state index >= 15 is 0 Å². The molecule has 0 spiro atoms. The molecule has 0 amide bonds. The zero-order valence-corrected chi connectivity index (χ0v) is 13.7. The van der Waals surface area contributed by atoms with Crippen molar-refractivity contribution in [2.24, 2.45) is 0 Å². The molecule has 0 bridgehead atoms. The molecule has 5 rings (SSSR count). The Labute approximate surface area is 141 Å². The molecule has 3 aromatic carbocycles. The van der Waals surface area contributed by atoms with Gasteiger partial charge in [0, 0.05) is 20.9 Å². The lowest BCUT2D eigenvalue weighted by molar-refractivity contribution is 0.645. The average molecular weight is 362 g/mol. The molecular formula is C20H12BrNO. The highest BCUT2D eigenvalue weighted by Gasteiger charge is 2.18. The molecule has 0 aliphatic heterocycles. The van der Waals surface area contributed by atoms with E-state index in [2.05, 4.69) is 75.1 Å². The van der Waals surface area contributed by atoms with Crippen LogP contribution in [0.5, 0.6) is 0 Å². The van der Waals surface area contributed by atoms with Gasteiger partial charge in [0.1, 0.15) is 5.58 Å². The largest absolute Gasteiger partial charge is 0.439 e. The molecule has 0 saturated heterocycles. The number of halogens is 1. The average Bonchev–Trinajstić information content (AvgIpc) is 3.10. The van der Waals surface area contributed by atoms with Gasteiger partial charge in [0.05, 0.1) is 10.9 Å². The van der Waals surface area contributed by atoms with Gasteiger partial charge in [0.15, 0.2) is 0 Å². The third-order valence-electron chi connectivity index (χ3n) is 4.26. The Kier molecular flexibility index (Phi) is 2.67. The number of aromatic nitrogens is 1. The highest BCUT2D eigenvalue weighted by molar-refractivity contribution is 9.10. The molecule has 0 unspecified atom stereocenters. The van der Waals surface area contributed by atoms with Crippen molar-refractivity contribution in [3.8, 4) is 5.69 Å². The first-order valence-electron chi connectivity index (χ1n) is 7.49. The summed E-state index contributed by atoms with van der Waals surface area (Å²) >= 11 is 3.60. The van der Waals surface area contributed by atoms with Gasteiger partial charge in [0.25, 0.3) is 0 Å². The van der Waals surface area contributed by atoms with Gasteiger partial charge >= 0.3 is 0 Å². The molecule has 0 aliphatic carbocycles. The van der Waals surface area contributed by atoms with Gasteiger partial charge in [-0.25, -0.2) is 0 Å². The van der Waals surface area contributed by atoms with E-state index in [4.69, 9.17) is 4.42 Å². The van der Waals surface area contributed by atoms with Crippen LogP contribution in [-0.4, -0.2) is 4.57 Å². The van der Waals surface area contributed by atoms with E-state index < -0.39 is 0 Å². The molecule has 3 heteroatoms. The summed E-state index contributed by atoms with van der Waals surface area (Å²) in [4.78, 5) is 0. The molecule has 2 aromatic heterocycles. The fourth-order valence-electron chi connectivity index (χ4n) is 3.30. The number of para-hydroxylation sites is 2. The van der Waals surface area contributed by atoms with Crippen molar-refractivity contribution in [2.45, 2.75) is 0 Å². The first-order valence-corrected chi connectivity index (χ1v) is 8.29. The van der Waals surface area contributed by atoms with Gasteiger partial charge in [0.2, 0.25) is 5.71 Å². The van der Waals surface area contributed by atoms with E-state index in [0.29, 0.717) is 0 Å². The zero-order valence-electron chi connectivity index (χ0n) is 12.2. The summed E-state index contributed by atoms with van der Waals surface area (Å²) < 4.78 is 9.47. The molecule has 110 valence electrons. The molecule has 0 aliphatic rings. The van der Waals surface area contributed by atoms with Gasteiger partial charge in [-0.15, -0.1) is 0 Å². The normalized spacial score (nSPS) is 11.7. The second-order valence-electron chi connectivity index (χ2n) is 5.61. The summed E-state index contributed by atoms with van der Waals surface area (Å²) in [6.45, 7) is 0. The molecule has 0 fully saturated rings. The zero-order chi connectivity index (χ0) is 15.4. The van der Waals surface area contributed by atoms with Crippen LogP contribution in [0.4, 0.5) is 0 Å². The van der Waals surface area contributed by atoms with Crippen molar-refractivity contribution in [2.75, 3.05) is 0 Å². The molecule has 0 N–H and O–H groups in total. The van der Waals surface area contributed by atoms with Gasteiger partial charge < -0.3 is 4.42 Å². The van der Waals surface area contributed by atoms with Crippen molar-refractivity contribution < 1.29 is 4.42 Å². The van der Waals surface area contributed by atoms with E-state index in [1.54, 1.807) is 0 Å². The third kappa shape index (κ3) is 1.80. The highest BCUT2D eigenvalue weighted by atomic mass is 79.9. The van der Waals surface area contributed by atoms with Gasteiger partial charge in [-0.05, 0) is 36.4 Å². The van der Waals surface area contributed by atoms with E-state index in [9.17, 15) is 0 Å². The first-order chi connectivity index (χ1) is 11.3. The van der Waals surface area contributed by atoms with Crippen LogP contribution in [0.25, 0.3) is 38.7 Å². The maximum atomic E-state index is 6.21. The number of nitrogens with zero attached hydrogens (tertiary/aromatic N) is 1. The predicted molar refractivity (Wildman–Crippen MR) is 98.3 cm³/mol. The molecular weight excluding hydrogens is 350 g/mol. The summed E-state index contributed by atoms with van der Waals surface area (Å²) in [5.74, 6) is 0. The van der Waals surface area contributed by atoms with Gasteiger partial charge in [-0.2, -0.15) is 0 Å². The van der Waals surface area contributed by atoms with Crippen LogP contribution in [-0.2, 0) is 0 Å². The molecule has 0 atom stereocenters.